The van der Waals surface area contributed by atoms with Gasteiger partial charge in [-0.05, 0) is 25.5 Å². The van der Waals surface area contributed by atoms with Crippen LogP contribution in [-0.4, -0.2) is 15.7 Å². The fraction of sp³-hybridized carbons (Fsp3) is 0.222. The minimum absolute atomic E-state index is 0. The van der Waals surface area contributed by atoms with E-state index in [0.29, 0.717) is 6.01 Å². The van der Waals surface area contributed by atoms with Gasteiger partial charge < -0.3 is 6.16 Å². The van der Waals surface area contributed by atoms with E-state index in [2.05, 4.69) is 91.2 Å². The summed E-state index contributed by atoms with van der Waals surface area (Å²) in [4.78, 5) is 5.02. The van der Waals surface area contributed by atoms with Crippen molar-refractivity contribution in [3.63, 3.8) is 0 Å². The van der Waals surface area contributed by atoms with Gasteiger partial charge in [0.1, 0.15) is 5.69 Å². The van der Waals surface area contributed by atoms with Crippen LogP contribution < -0.4 is 34.3 Å². The number of rotatable bonds is 8. The van der Waals surface area contributed by atoms with Crippen LogP contribution in [0.2, 0.25) is 0 Å². The number of para-hydroxylation sites is 1. The molecular weight excluding hydrogens is 391 g/mol. The van der Waals surface area contributed by atoms with Crippen molar-refractivity contribution in [2.24, 2.45) is 0 Å². The Bertz CT molecular complexity index is 1070. The van der Waals surface area contributed by atoms with E-state index in [1.165, 1.54) is 0 Å². The molecule has 4 rings (SSSR count). The molecule has 0 amide bonds. The summed E-state index contributed by atoms with van der Waals surface area (Å²) in [6.07, 6.45) is 3.41. The van der Waals surface area contributed by atoms with E-state index in [1.54, 1.807) is 0 Å². The van der Waals surface area contributed by atoms with E-state index in [-0.39, 0.29) is 37.1 Å². The van der Waals surface area contributed by atoms with E-state index in [4.69, 9.17) is 9.72 Å². The number of imidazole rings is 1. The summed E-state index contributed by atoms with van der Waals surface area (Å²) in [5, 5.41) is 0. The smallest absolute Gasteiger partial charge is 1.00 e. The van der Waals surface area contributed by atoms with E-state index in [9.17, 15) is 0 Å². The number of hydrogen-bond acceptors (Lipinski definition) is 2. The normalized spacial score (nSPS) is 11.5. The van der Waals surface area contributed by atoms with Crippen molar-refractivity contribution in [1.29, 1.82) is 0 Å². The molecule has 0 saturated carbocycles. The molecule has 0 radical (unpaired) electrons. The summed E-state index contributed by atoms with van der Waals surface area (Å²) < 4.78 is 8.57. The average Bonchev–Trinajstić information content (AvgIpc) is 3.18. The summed E-state index contributed by atoms with van der Waals surface area (Å²) in [5.41, 5.74) is 5.22. The fourth-order valence-corrected chi connectivity index (χ4v) is 3.69. The molecule has 0 aliphatic rings. The Morgan fingerprint density at radius 1 is 0.839 bits per heavy atom. The molecule has 0 bridgehead atoms. The minimum Gasteiger partial charge on any atom is -1.00 e. The zero-order chi connectivity index (χ0) is 20.8. The zero-order valence-corrected chi connectivity index (χ0v) is 20.7. The van der Waals surface area contributed by atoms with Crippen molar-refractivity contribution in [3.8, 4) is 34.2 Å². The van der Waals surface area contributed by atoms with Gasteiger partial charge in [0.25, 0.3) is 0 Å². The van der Waals surface area contributed by atoms with Crippen LogP contribution >= 0.6 is 0 Å². The largest absolute Gasteiger partial charge is 1.00 e. The summed E-state index contributed by atoms with van der Waals surface area (Å²) >= 11 is 0. The van der Waals surface area contributed by atoms with Gasteiger partial charge in [0.05, 0.1) is 17.5 Å². The van der Waals surface area contributed by atoms with E-state index in [0.717, 1.165) is 47.5 Å². The molecule has 0 N–H and O–H groups in total. The second kappa shape index (κ2) is 11.3. The van der Waals surface area contributed by atoms with E-state index in [1.807, 2.05) is 18.2 Å². The Kier molecular flexibility index (Phi) is 8.53. The Morgan fingerprint density at radius 2 is 1.39 bits per heavy atom. The van der Waals surface area contributed by atoms with Crippen molar-refractivity contribution in [1.82, 2.24) is 9.55 Å². The van der Waals surface area contributed by atoms with Gasteiger partial charge in [-0.3, -0.25) is 4.57 Å². The van der Waals surface area contributed by atoms with Gasteiger partial charge in [-0.1, -0.05) is 98.6 Å². The molecule has 1 aromatic heterocycles. The van der Waals surface area contributed by atoms with Gasteiger partial charge in [-0.25, -0.2) is 0 Å². The molecule has 3 aromatic carbocycles. The first-order valence-corrected chi connectivity index (χ1v) is 10.7. The Labute approximate surface area is 208 Å². The first kappa shape index (κ1) is 23.3. The van der Waals surface area contributed by atoms with Gasteiger partial charge in [-0.15, -0.1) is 0 Å². The molecule has 154 valence electrons. The van der Waals surface area contributed by atoms with Crippen LogP contribution in [0.1, 0.15) is 34.5 Å². The van der Waals surface area contributed by atoms with E-state index >= 15 is 0 Å². The van der Waals surface area contributed by atoms with Gasteiger partial charge in [0, 0.05) is 11.1 Å². The monoisotopic (exact) mass is 420 g/mol. The molecule has 0 aliphatic carbocycles. The predicted molar refractivity (Wildman–Crippen MR) is 125 cm³/mol. The average molecular weight is 421 g/mol. The third-order valence-corrected chi connectivity index (χ3v) is 5.23. The van der Waals surface area contributed by atoms with Crippen molar-refractivity contribution in [2.75, 3.05) is 0 Å². The fourth-order valence-electron chi connectivity index (χ4n) is 3.69. The Hall–Kier alpha value is -2.33. The SMILES string of the molecule is CCCCC(C)Oc1nc(-c2ccccc2)c(-c2ccccc2)n1-c1ccccc1.[H-].[Na+]. The molecule has 0 fully saturated rings. The molecule has 0 spiro atoms. The van der Waals surface area contributed by atoms with Crippen LogP contribution in [0, 0.1) is 0 Å². The number of benzene rings is 3. The molecular formula is C27H29N2NaO. The maximum Gasteiger partial charge on any atom is 1.00 e. The number of hydrogen-bond donors (Lipinski definition) is 0. The summed E-state index contributed by atoms with van der Waals surface area (Å²) in [7, 11) is 0. The topological polar surface area (TPSA) is 27.1 Å². The van der Waals surface area contributed by atoms with Gasteiger partial charge >= 0.3 is 35.6 Å². The molecule has 0 aliphatic heterocycles. The molecule has 1 atom stereocenters. The van der Waals surface area contributed by atoms with Crippen molar-refractivity contribution >= 4 is 0 Å². The number of nitrogens with zero attached hydrogens (tertiary/aromatic N) is 2. The molecule has 1 unspecified atom stereocenters. The molecule has 1 heterocycles. The summed E-state index contributed by atoms with van der Waals surface area (Å²) in [6.45, 7) is 4.34. The maximum absolute atomic E-state index is 6.42. The first-order valence-electron chi connectivity index (χ1n) is 10.7. The van der Waals surface area contributed by atoms with Crippen LogP contribution in [0.3, 0.4) is 0 Å². The number of aromatic nitrogens is 2. The standard InChI is InChI=1S/C27H28N2O.Na.H/c1-3-4-14-21(2)30-27-28-25(22-15-8-5-9-16-22)26(23-17-10-6-11-18-23)29(27)24-19-12-7-13-20-24;;/h5-13,15-21H,3-4,14H2,1-2H3;;/q;+1;-1. The quantitative estimate of drug-likeness (QED) is 0.398. The van der Waals surface area contributed by atoms with E-state index < -0.39 is 0 Å². The zero-order valence-electron chi connectivity index (χ0n) is 19.7. The molecule has 31 heavy (non-hydrogen) atoms. The number of ether oxygens (including phenoxy) is 1. The second-order valence-corrected chi connectivity index (χ2v) is 7.57. The summed E-state index contributed by atoms with van der Waals surface area (Å²) in [6, 6.07) is 31.8. The Morgan fingerprint density at radius 3 is 1.97 bits per heavy atom. The Balaban J connectivity index is 0.00000181. The molecule has 4 heteroatoms. The molecule has 4 aromatic rings. The van der Waals surface area contributed by atoms with Gasteiger partial charge in [0.15, 0.2) is 0 Å². The van der Waals surface area contributed by atoms with Crippen LogP contribution in [0.15, 0.2) is 91.0 Å². The van der Waals surface area contributed by atoms with Crippen LogP contribution in [-0.2, 0) is 0 Å². The van der Waals surface area contributed by atoms with Gasteiger partial charge in [-0.2, -0.15) is 4.98 Å². The van der Waals surface area contributed by atoms with Crippen molar-refractivity contribution in [3.05, 3.63) is 91.0 Å². The van der Waals surface area contributed by atoms with Crippen molar-refractivity contribution in [2.45, 2.75) is 39.2 Å². The number of unbranched alkanes of at least 4 members (excludes halogenated alkanes) is 1. The first-order chi connectivity index (χ1) is 14.8. The third kappa shape index (κ3) is 5.48. The molecule has 0 saturated heterocycles. The predicted octanol–water partition coefficient (Wildman–Crippen LogP) is 4.28. The maximum atomic E-state index is 6.42. The van der Waals surface area contributed by atoms with Crippen molar-refractivity contribution < 1.29 is 35.7 Å². The summed E-state index contributed by atoms with van der Waals surface area (Å²) in [5.74, 6) is 0. The van der Waals surface area contributed by atoms with Crippen LogP contribution in [0.25, 0.3) is 28.2 Å². The van der Waals surface area contributed by atoms with Crippen LogP contribution in [0.4, 0.5) is 0 Å². The third-order valence-electron chi connectivity index (χ3n) is 5.23. The van der Waals surface area contributed by atoms with Crippen LogP contribution in [0.5, 0.6) is 6.01 Å². The second-order valence-electron chi connectivity index (χ2n) is 7.57. The van der Waals surface area contributed by atoms with Gasteiger partial charge in [0.2, 0.25) is 0 Å². The minimum atomic E-state index is 0. The molecule has 3 nitrogen and oxygen atoms in total.